The van der Waals surface area contributed by atoms with Gasteiger partial charge in [-0.15, -0.1) is 0 Å². The summed E-state index contributed by atoms with van der Waals surface area (Å²) in [6.45, 7) is 2.65. The minimum Gasteiger partial charge on any atom is -0.485 e. The minimum atomic E-state index is -4.41. The molecule has 1 saturated heterocycles. The summed E-state index contributed by atoms with van der Waals surface area (Å²) in [5.74, 6) is 1.47. The highest BCUT2D eigenvalue weighted by Crippen LogP contribution is 2.31. The monoisotopic (exact) mass is 530 g/mol. The van der Waals surface area contributed by atoms with Crippen LogP contribution in [0.1, 0.15) is 16.9 Å². The van der Waals surface area contributed by atoms with Crippen LogP contribution in [0.2, 0.25) is 0 Å². The van der Waals surface area contributed by atoms with Crippen LogP contribution in [0.4, 0.5) is 13.2 Å². The number of piperazine rings is 1. The molecule has 0 bridgehead atoms. The van der Waals surface area contributed by atoms with E-state index in [2.05, 4.69) is 4.90 Å². The van der Waals surface area contributed by atoms with Gasteiger partial charge in [0.1, 0.15) is 25.2 Å². The maximum atomic E-state index is 12.9. The van der Waals surface area contributed by atoms with Crippen LogP contribution < -0.4 is 19.6 Å². The molecule has 0 aliphatic carbocycles. The molecule has 3 heterocycles. The standard InChI is InChI=1S/C27H25F3N2O6/c28-27(29,30)19-7-5-18(6-8-19)15-36-24-16-35-20(13-21(24)33)14-31-9-11-32(12-10-31)26(34)25-17-37-22-3-1-2-4-23(22)38-25/h1-8,13,16,25H,9-12,14-15,17H2/t25-/m1/s1. The summed E-state index contributed by atoms with van der Waals surface area (Å²) < 4.78 is 60.6. The topological polar surface area (TPSA) is 81.5 Å². The number of fused-ring (bicyclic) bond motifs is 1. The normalized spacial score (nSPS) is 17.8. The number of carbonyl (C=O) groups excluding carboxylic acids is 1. The van der Waals surface area contributed by atoms with Crippen molar-refractivity contribution in [2.45, 2.75) is 25.4 Å². The molecule has 5 rings (SSSR count). The average molecular weight is 530 g/mol. The number of para-hydroxylation sites is 2. The Morgan fingerprint density at radius 2 is 1.71 bits per heavy atom. The van der Waals surface area contributed by atoms with Crippen LogP contribution in [0.25, 0.3) is 0 Å². The van der Waals surface area contributed by atoms with Crippen molar-refractivity contribution in [3.63, 3.8) is 0 Å². The number of nitrogens with zero attached hydrogens (tertiary/aromatic N) is 2. The van der Waals surface area contributed by atoms with Crippen LogP contribution in [-0.2, 0) is 24.1 Å². The first-order chi connectivity index (χ1) is 18.3. The van der Waals surface area contributed by atoms with Gasteiger partial charge in [0.2, 0.25) is 17.3 Å². The first-order valence-corrected chi connectivity index (χ1v) is 12.1. The molecule has 200 valence electrons. The van der Waals surface area contributed by atoms with E-state index in [4.69, 9.17) is 18.6 Å². The molecular formula is C27H25F3N2O6. The van der Waals surface area contributed by atoms with Gasteiger partial charge in [-0.3, -0.25) is 14.5 Å². The molecule has 2 aliphatic rings. The second-order valence-electron chi connectivity index (χ2n) is 9.02. The number of ether oxygens (including phenoxy) is 3. The van der Waals surface area contributed by atoms with Crippen LogP contribution in [-0.4, -0.2) is 54.6 Å². The van der Waals surface area contributed by atoms with E-state index in [1.54, 1.807) is 17.0 Å². The van der Waals surface area contributed by atoms with Gasteiger partial charge in [-0.1, -0.05) is 24.3 Å². The summed E-state index contributed by atoms with van der Waals surface area (Å²) in [5.41, 5.74) is -0.651. The number of hydrogen-bond donors (Lipinski definition) is 0. The van der Waals surface area contributed by atoms with Crippen molar-refractivity contribution in [1.82, 2.24) is 9.80 Å². The van der Waals surface area contributed by atoms with Crippen molar-refractivity contribution >= 4 is 5.91 Å². The highest BCUT2D eigenvalue weighted by atomic mass is 19.4. The van der Waals surface area contributed by atoms with Crippen LogP contribution >= 0.6 is 0 Å². The molecule has 0 N–H and O–H groups in total. The zero-order valence-corrected chi connectivity index (χ0v) is 20.3. The third-order valence-corrected chi connectivity index (χ3v) is 6.38. The summed E-state index contributed by atoms with van der Waals surface area (Å²) in [5, 5.41) is 0. The molecule has 1 atom stereocenters. The highest BCUT2D eigenvalue weighted by Gasteiger charge is 2.33. The molecule has 8 nitrogen and oxygen atoms in total. The van der Waals surface area contributed by atoms with E-state index in [9.17, 15) is 22.8 Å². The van der Waals surface area contributed by atoms with Crippen molar-refractivity contribution < 1.29 is 36.6 Å². The molecule has 2 aliphatic heterocycles. The van der Waals surface area contributed by atoms with Crippen molar-refractivity contribution in [2.75, 3.05) is 32.8 Å². The summed E-state index contributed by atoms with van der Waals surface area (Å²) in [7, 11) is 0. The molecular weight excluding hydrogens is 505 g/mol. The molecule has 0 spiro atoms. The predicted molar refractivity (Wildman–Crippen MR) is 129 cm³/mol. The van der Waals surface area contributed by atoms with E-state index in [-0.39, 0.29) is 30.3 Å². The van der Waals surface area contributed by atoms with Gasteiger partial charge in [0.05, 0.1) is 12.1 Å². The number of benzene rings is 2. The van der Waals surface area contributed by atoms with Gasteiger partial charge >= 0.3 is 6.18 Å². The molecule has 0 unspecified atom stereocenters. The minimum absolute atomic E-state index is 0.0275. The van der Waals surface area contributed by atoms with Gasteiger partial charge in [-0.2, -0.15) is 13.2 Å². The molecule has 2 aromatic carbocycles. The Morgan fingerprint density at radius 1 is 1.00 bits per heavy atom. The van der Waals surface area contributed by atoms with Crippen LogP contribution in [0, 0.1) is 0 Å². The molecule has 0 saturated carbocycles. The van der Waals surface area contributed by atoms with E-state index in [0.717, 1.165) is 12.1 Å². The maximum absolute atomic E-state index is 12.9. The van der Waals surface area contributed by atoms with Gasteiger partial charge in [0, 0.05) is 32.2 Å². The lowest BCUT2D eigenvalue weighted by Crippen LogP contribution is -2.53. The third-order valence-electron chi connectivity index (χ3n) is 6.38. The third kappa shape index (κ3) is 5.94. The Balaban J connectivity index is 1.10. The zero-order chi connectivity index (χ0) is 26.7. The highest BCUT2D eigenvalue weighted by molar-refractivity contribution is 5.82. The van der Waals surface area contributed by atoms with Crippen molar-refractivity contribution in [3.8, 4) is 17.2 Å². The Labute approximate surface area is 216 Å². The van der Waals surface area contributed by atoms with Crippen LogP contribution in [0.3, 0.4) is 0 Å². The fraction of sp³-hybridized carbons (Fsp3) is 0.333. The van der Waals surface area contributed by atoms with E-state index in [1.165, 1.54) is 24.5 Å². The number of halogens is 3. The molecule has 11 heteroatoms. The second-order valence-corrected chi connectivity index (χ2v) is 9.02. The molecule has 1 aromatic heterocycles. The zero-order valence-electron chi connectivity index (χ0n) is 20.3. The fourth-order valence-electron chi connectivity index (χ4n) is 4.27. The molecule has 38 heavy (non-hydrogen) atoms. The van der Waals surface area contributed by atoms with Crippen LogP contribution in [0.15, 0.2) is 70.1 Å². The van der Waals surface area contributed by atoms with E-state index in [0.29, 0.717) is 55.5 Å². The number of amides is 1. The van der Waals surface area contributed by atoms with Gasteiger partial charge < -0.3 is 23.5 Å². The first kappa shape index (κ1) is 25.7. The Morgan fingerprint density at radius 3 is 2.39 bits per heavy atom. The largest absolute Gasteiger partial charge is 0.485 e. The quantitative estimate of drug-likeness (QED) is 0.481. The van der Waals surface area contributed by atoms with Gasteiger partial charge in [0.15, 0.2) is 11.5 Å². The number of rotatable bonds is 6. The smallest absolute Gasteiger partial charge is 0.416 e. The lowest BCUT2D eigenvalue weighted by molar-refractivity contribution is -0.143. The first-order valence-electron chi connectivity index (χ1n) is 12.1. The van der Waals surface area contributed by atoms with E-state index in [1.807, 2.05) is 12.1 Å². The summed E-state index contributed by atoms with van der Waals surface area (Å²) in [6.07, 6.45) is -3.89. The van der Waals surface area contributed by atoms with Crippen molar-refractivity contribution in [2.24, 2.45) is 0 Å². The van der Waals surface area contributed by atoms with Gasteiger partial charge in [-0.05, 0) is 29.8 Å². The maximum Gasteiger partial charge on any atom is 0.416 e. The van der Waals surface area contributed by atoms with Gasteiger partial charge in [0.25, 0.3) is 5.91 Å². The SMILES string of the molecule is O=C([C@H]1COc2ccccc2O1)N1CCN(Cc2cc(=O)c(OCc3ccc(C(F)(F)F)cc3)co2)CC1. The Kier molecular flexibility index (Phi) is 7.28. The summed E-state index contributed by atoms with van der Waals surface area (Å²) in [6, 6.07) is 13.1. The van der Waals surface area contributed by atoms with Gasteiger partial charge in [-0.25, -0.2) is 0 Å². The average Bonchev–Trinajstić information content (AvgIpc) is 2.92. The summed E-state index contributed by atoms with van der Waals surface area (Å²) >= 11 is 0. The fourth-order valence-corrected chi connectivity index (χ4v) is 4.27. The lowest BCUT2D eigenvalue weighted by atomic mass is 10.1. The molecule has 0 radical (unpaired) electrons. The van der Waals surface area contributed by atoms with Crippen molar-refractivity contribution in [3.05, 3.63) is 88.0 Å². The molecule has 1 fully saturated rings. The second kappa shape index (κ2) is 10.8. The Hall–Kier alpha value is -3.99. The van der Waals surface area contributed by atoms with E-state index >= 15 is 0 Å². The summed E-state index contributed by atoms with van der Waals surface area (Å²) in [4.78, 5) is 29.2. The molecule has 1 amide bonds. The molecule has 3 aromatic rings. The van der Waals surface area contributed by atoms with Crippen LogP contribution in [0.5, 0.6) is 17.2 Å². The lowest BCUT2D eigenvalue weighted by Gasteiger charge is -2.36. The van der Waals surface area contributed by atoms with Crippen molar-refractivity contribution in [1.29, 1.82) is 0 Å². The van der Waals surface area contributed by atoms with E-state index < -0.39 is 17.8 Å². The number of carbonyl (C=O) groups is 1. The number of alkyl halides is 3. The predicted octanol–water partition coefficient (Wildman–Crippen LogP) is 3.72. The Bertz CT molecular complexity index is 1330. The number of hydrogen-bond acceptors (Lipinski definition) is 7.